The van der Waals surface area contributed by atoms with Crippen molar-refractivity contribution in [3.8, 4) is 0 Å². The van der Waals surface area contributed by atoms with Crippen LogP contribution in [0.25, 0.3) is 0 Å². The minimum Gasteiger partial charge on any atom is -0.313 e. The van der Waals surface area contributed by atoms with Gasteiger partial charge in [-0.1, -0.05) is 68.4 Å². The fourth-order valence-electron chi connectivity index (χ4n) is 6.46. The largest absolute Gasteiger partial charge is 0.313 e. The van der Waals surface area contributed by atoms with Gasteiger partial charge >= 0.3 is 0 Å². The minimum absolute atomic E-state index is 0.483. The van der Waals surface area contributed by atoms with Crippen molar-refractivity contribution < 1.29 is 0 Å². The third-order valence-corrected chi connectivity index (χ3v) is 9.86. The van der Waals surface area contributed by atoms with Crippen molar-refractivity contribution in [2.75, 3.05) is 39.3 Å². The quantitative estimate of drug-likeness (QED) is 0.294. The monoisotopic (exact) mass is 500 g/mol. The molecular formula is C33H48N4. The molecule has 4 fully saturated rings. The third kappa shape index (κ3) is 6.47. The zero-order valence-corrected chi connectivity index (χ0v) is 23.1. The average molecular weight is 501 g/mol. The summed E-state index contributed by atoms with van der Waals surface area (Å²) in [6, 6.07) is 21.8. The molecule has 4 heteroatoms. The number of hydrogen-bond donors (Lipinski definition) is 3. The second-order valence-electron chi connectivity index (χ2n) is 12.9. The Kier molecular flexibility index (Phi) is 7.46. The van der Waals surface area contributed by atoms with Crippen molar-refractivity contribution in [2.45, 2.75) is 82.8 Å². The van der Waals surface area contributed by atoms with Crippen LogP contribution >= 0.6 is 0 Å². The number of nitrogens with one attached hydrogen (secondary N) is 3. The fraction of sp³-hybridized carbons (Fsp3) is 0.636. The van der Waals surface area contributed by atoms with Gasteiger partial charge < -0.3 is 20.9 Å². The number of hydrogen-bond acceptors (Lipinski definition) is 4. The van der Waals surface area contributed by atoms with Crippen molar-refractivity contribution in [1.29, 1.82) is 0 Å². The molecule has 37 heavy (non-hydrogen) atoms. The molecule has 4 atom stereocenters. The van der Waals surface area contributed by atoms with Crippen LogP contribution in [-0.2, 0) is 6.54 Å². The van der Waals surface area contributed by atoms with Gasteiger partial charge in [0.1, 0.15) is 0 Å². The molecule has 0 heterocycles. The van der Waals surface area contributed by atoms with Gasteiger partial charge in [0.2, 0.25) is 0 Å². The van der Waals surface area contributed by atoms with Crippen LogP contribution in [-0.4, -0.2) is 56.3 Å². The Bertz CT molecular complexity index is 1020. The van der Waals surface area contributed by atoms with Gasteiger partial charge in [-0.3, -0.25) is 0 Å². The lowest BCUT2D eigenvalue weighted by atomic mass is 10.0. The van der Waals surface area contributed by atoms with Crippen molar-refractivity contribution in [2.24, 2.45) is 10.8 Å². The highest BCUT2D eigenvalue weighted by atomic mass is 15.1. The van der Waals surface area contributed by atoms with Crippen LogP contribution in [0.15, 0.2) is 54.6 Å². The maximum atomic E-state index is 3.94. The molecule has 0 aromatic heterocycles. The Morgan fingerprint density at radius 2 is 1.35 bits per heavy atom. The van der Waals surface area contributed by atoms with Gasteiger partial charge in [-0.25, -0.2) is 0 Å². The normalized spacial score (nSPS) is 28.3. The van der Waals surface area contributed by atoms with Crippen LogP contribution in [0.4, 0.5) is 0 Å². The lowest BCUT2D eigenvalue weighted by molar-refractivity contribution is 0.234. The molecular weight excluding hydrogens is 452 g/mol. The second-order valence-corrected chi connectivity index (χ2v) is 12.9. The minimum atomic E-state index is 0.483. The summed E-state index contributed by atoms with van der Waals surface area (Å²) >= 11 is 0. The predicted octanol–water partition coefficient (Wildman–Crippen LogP) is 5.27. The molecule has 6 rings (SSSR count). The first kappa shape index (κ1) is 25.6. The zero-order valence-electron chi connectivity index (χ0n) is 23.1. The lowest BCUT2D eigenvalue weighted by Gasteiger charge is -2.25. The van der Waals surface area contributed by atoms with Gasteiger partial charge in [0.15, 0.2) is 0 Å². The molecule has 4 nitrogen and oxygen atoms in total. The Balaban J connectivity index is 0.910. The fourth-order valence-corrected chi connectivity index (χ4v) is 6.46. The topological polar surface area (TPSA) is 39.3 Å². The van der Waals surface area contributed by atoms with Crippen LogP contribution in [0.2, 0.25) is 0 Å². The van der Waals surface area contributed by atoms with Crippen LogP contribution in [0.1, 0.15) is 80.9 Å². The summed E-state index contributed by atoms with van der Waals surface area (Å²) in [4.78, 5) is 2.60. The van der Waals surface area contributed by atoms with Gasteiger partial charge in [-0.05, 0) is 79.1 Å². The highest BCUT2D eigenvalue weighted by Crippen LogP contribution is 2.48. The molecule has 0 bridgehead atoms. The molecule has 2 aromatic rings. The Morgan fingerprint density at radius 3 is 2.00 bits per heavy atom. The maximum absolute atomic E-state index is 3.94. The molecule has 0 saturated heterocycles. The zero-order chi connectivity index (χ0) is 25.3. The van der Waals surface area contributed by atoms with Gasteiger partial charge in [-0.2, -0.15) is 0 Å². The molecule has 4 saturated carbocycles. The Morgan fingerprint density at radius 1 is 0.730 bits per heavy atom. The van der Waals surface area contributed by atoms with Crippen LogP contribution < -0.4 is 16.0 Å². The molecule has 0 spiro atoms. The van der Waals surface area contributed by atoms with E-state index in [4.69, 9.17) is 0 Å². The summed E-state index contributed by atoms with van der Waals surface area (Å²) in [7, 11) is 0. The smallest absolute Gasteiger partial charge is 0.0205 e. The van der Waals surface area contributed by atoms with Crippen molar-refractivity contribution in [1.82, 2.24) is 20.9 Å². The van der Waals surface area contributed by atoms with Gasteiger partial charge in [0.25, 0.3) is 0 Å². The number of nitrogens with zero attached hydrogens (tertiary/aromatic N) is 1. The van der Waals surface area contributed by atoms with E-state index in [1.54, 1.807) is 0 Å². The Hall–Kier alpha value is -1.72. The van der Waals surface area contributed by atoms with E-state index in [9.17, 15) is 0 Å². The summed E-state index contributed by atoms with van der Waals surface area (Å²) in [6.45, 7) is 12.7. The van der Waals surface area contributed by atoms with Crippen LogP contribution in [0, 0.1) is 10.8 Å². The van der Waals surface area contributed by atoms with Gasteiger partial charge in [0, 0.05) is 56.6 Å². The molecule has 2 aromatic carbocycles. The molecule has 4 aliphatic rings. The lowest BCUT2D eigenvalue weighted by Crippen LogP contribution is -2.36. The summed E-state index contributed by atoms with van der Waals surface area (Å²) in [5.74, 6) is 1.44. The summed E-state index contributed by atoms with van der Waals surface area (Å²) in [5, 5.41) is 11.6. The molecule has 0 amide bonds. The van der Waals surface area contributed by atoms with E-state index < -0.39 is 0 Å². The highest BCUT2D eigenvalue weighted by Gasteiger charge is 2.47. The van der Waals surface area contributed by atoms with Crippen LogP contribution in [0.5, 0.6) is 0 Å². The molecule has 4 aliphatic carbocycles. The standard InChI is InChI=1S/C33H48N4/c1-3-37(4-2)24-33(15-16-33)23-36-31-19-29(31)27-12-8-9-25(17-27)20-34-21-32(13-14-32)22-35-30-18-28(30)26-10-6-5-7-11-26/h5-12,17,28-31,34-36H,3-4,13-16,18-24H2,1-2H3/t28-,29-,30+,31+/m1/s1. The summed E-state index contributed by atoms with van der Waals surface area (Å²) in [6.07, 6.45) is 8.13. The van der Waals surface area contributed by atoms with E-state index in [-0.39, 0.29) is 0 Å². The van der Waals surface area contributed by atoms with Crippen molar-refractivity contribution in [3.05, 3.63) is 71.3 Å². The SMILES string of the molecule is CCN(CC)CC1(CN[C@H]2C[C@@H]2c2cccc(CNCC3(CN[C@H]4C[C@@H]4c4ccccc4)CC3)c2)CC1. The summed E-state index contributed by atoms with van der Waals surface area (Å²) < 4.78 is 0. The van der Waals surface area contributed by atoms with E-state index >= 15 is 0 Å². The Labute approximate surface area is 225 Å². The first-order valence-corrected chi connectivity index (χ1v) is 15.1. The molecule has 0 unspecified atom stereocenters. The first-order chi connectivity index (χ1) is 18.1. The molecule has 0 radical (unpaired) electrons. The second kappa shape index (κ2) is 10.8. The van der Waals surface area contributed by atoms with E-state index in [1.165, 1.54) is 87.9 Å². The summed E-state index contributed by atoms with van der Waals surface area (Å²) in [5.41, 5.74) is 5.52. The number of rotatable bonds is 16. The highest BCUT2D eigenvalue weighted by molar-refractivity contribution is 5.32. The van der Waals surface area contributed by atoms with Gasteiger partial charge in [0.05, 0.1) is 0 Å². The van der Waals surface area contributed by atoms with Crippen molar-refractivity contribution >= 4 is 0 Å². The number of benzene rings is 2. The maximum Gasteiger partial charge on any atom is 0.0205 e. The van der Waals surface area contributed by atoms with E-state index in [1.807, 2.05) is 0 Å². The van der Waals surface area contributed by atoms with E-state index in [0.717, 1.165) is 19.0 Å². The van der Waals surface area contributed by atoms with E-state index in [0.29, 0.717) is 28.8 Å². The average Bonchev–Trinajstić information content (AvgIpc) is 3.77. The third-order valence-electron chi connectivity index (χ3n) is 9.86. The molecule has 0 aliphatic heterocycles. The van der Waals surface area contributed by atoms with E-state index in [2.05, 4.69) is 89.3 Å². The first-order valence-electron chi connectivity index (χ1n) is 15.1. The predicted molar refractivity (Wildman–Crippen MR) is 154 cm³/mol. The van der Waals surface area contributed by atoms with Gasteiger partial charge in [-0.15, -0.1) is 0 Å². The molecule has 3 N–H and O–H groups in total. The van der Waals surface area contributed by atoms with Crippen molar-refractivity contribution in [3.63, 3.8) is 0 Å². The van der Waals surface area contributed by atoms with Crippen LogP contribution in [0.3, 0.4) is 0 Å². The molecule has 200 valence electrons.